The van der Waals surface area contributed by atoms with Crippen LogP contribution in [0.2, 0.25) is 15.1 Å². The van der Waals surface area contributed by atoms with Crippen molar-refractivity contribution in [1.82, 2.24) is 0 Å². The molecule has 25 heavy (non-hydrogen) atoms. The molecule has 7 heteroatoms. The Kier molecular flexibility index (Phi) is 4.14. The van der Waals surface area contributed by atoms with E-state index in [2.05, 4.69) is 17.5 Å². The third-order valence-corrected chi connectivity index (χ3v) is 5.96. The molecule has 1 aliphatic carbocycles. The van der Waals surface area contributed by atoms with Gasteiger partial charge in [-0.05, 0) is 35.6 Å². The summed E-state index contributed by atoms with van der Waals surface area (Å²) < 4.78 is 0. The zero-order valence-corrected chi connectivity index (χ0v) is 15.1. The molecule has 2 aromatic rings. The van der Waals surface area contributed by atoms with E-state index in [0.29, 0.717) is 15.1 Å². The summed E-state index contributed by atoms with van der Waals surface area (Å²) in [5, 5.41) is 16.0. The molecule has 0 saturated carbocycles. The Labute approximate surface area is 159 Å². The largest absolute Gasteiger partial charge is 0.376 e. The first kappa shape index (κ1) is 16.7. The summed E-state index contributed by atoms with van der Waals surface area (Å²) in [5.74, 6) is 0.316. The second-order valence-corrected chi connectivity index (χ2v) is 7.52. The third kappa shape index (κ3) is 2.78. The van der Waals surface area contributed by atoms with Crippen molar-refractivity contribution >= 4 is 46.2 Å². The molecular weight excluding hydrogens is 383 g/mol. The molecule has 1 aliphatic heterocycles. The second-order valence-electron chi connectivity index (χ2n) is 6.30. The molecule has 3 atom stereocenters. The van der Waals surface area contributed by atoms with Crippen molar-refractivity contribution in [2.45, 2.75) is 18.4 Å². The molecule has 0 amide bonds. The minimum Gasteiger partial charge on any atom is -0.376 e. The van der Waals surface area contributed by atoms with Gasteiger partial charge in [-0.2, -0.15) is 0 Å². The number of allylic oxidation sites excluding steroid dienone is 2. The average molecular weight is 396 g/mol. The minimum atomic E-state index is -0.412. The minimum absolute atomic E-state index is 0.00113. The van der Waals surface area contributed by atoms with Crippen LogP contribution in [0.1, 0.15) is 29.5 Å². The van der Waals surface area contributed by atoms with Crippen molar-refractivity contribution in [2.24, 2.45) is 5.92 Å². The van der Waals surface area contributed by atoms with Crippen molar-refractivity contribution in [2.75, 3.05) is 5.32 Å². The van der Waals surface area contributed by atoms with Crippen LogP contribution in [0.4, 0.5) is 11.4 Å². The van der Waals surface area contributed by atoms with Gasteiger partial charge in [-0.15, -0.1) is 0 Å². The van der Waals surface area contributed by atoms with E-state index in [9.17, 15) is 10.1 Å². The molecule has 0 fully saturated rings. The monoisotopic (exact) mass is 394 g/mol. The van der Waals surface area contributed by atoms with Gasteiger partial charge in [0.05, 0.1) is 31.7 Å². The molecule has 0 aromatic heterocycles. The van der Waals surface area contributed by atoms with E-state index >= 15 is 0 Å². The highest BCUT2D eigenvalue weighted by Gasteiger charge is 2.39. The van der Waals surface area contributed by atoms with Crippen LogP contribution in [-0.2, 0) is 0 Å². The molecular formula is C18H13Cl3N2O2. The highest BCUT2D eigenvalue weighted by Crippen LogP contribution is 2.52. The molecule has 1 N–H and O–H groups in total. The lowest BCUT2D eigenvalue weighted by atomic mass is 9.77. The Balaban J connectivity index is 1.82. The molecule has 4 rings (SSSR count). The molecule has 0 bridgehead atoms. The third-order valence-electron chi connectivity index (χ3n) is 4.92. The summed E-state index contributed by atoms with van der Waals surface area (Å²) in [5.41, 5.74) is 2.65. The Hall–Kier alpha value is -1.75. The summed E-state index contributed by atoms with van der Waals surface area (Å²) in [7, 11) is 0. The second kappa shape index (κ2) is 6.20. The fourth-order valence-corrected chi connectivity index (χ4v) is 4.36. The number of nitro benzene ring substituents is 1. The molecule has 0 unspecified atom stereocenters. The summed E-state index contributed by atoms with van der Waals surface area (Å²) in [6, 6.07) is 8.60. The van der Waals surface area contributed by atoms with Gasteiger partial charge in [-0.3, -0.25) is 10.1 Å². The maximum Gasteiger partial charge on any atom is 0.271 e. The van der Waals surface area contributed by atoms with Crippen LogP contribution in [0.25, 0.3) is 0 Å². The molecule has 2 aromatic carbocycles. The summed E-state index contributed by atoms with van der Waals surface area (Å²) >= 11 is 18.6. The van der Waals surface area contributed by atoms with Gasteiger partial charge in [-0.1, -0.05) is 53.0 Å². The van der Waals surface area contributed by atoms with Crippen molar-refractivity contribution in [3.63, 3.8) is 0 Å². The van der Waals surface area contributed by atoms with Crippen LogP contribution in [0, 0.1) is 16.0 Å². The fourth-order valence-electron chi connectivity index (χ4n) is 3.78. The number of nitro groups is 1. The first-order chi connectivity index (χ1) is 12.0. The lowest BCUT2D eigenvalue weighted by Gasteiger charge is -2.38. The number of halogens is 3. The van der Waals surface area contributed by atoms with Crippen LogP contribution in [0.5, 0.6) is 0 Å². The number of non-ortho nitro benzene ring substituents is 1. The van der Waals surface area contributed by atoms with E-state index in [1.54, 1.807) is 12.1 Å². The first-order valence-electron chi connectivity index (χ1n) is 7.81. The van der Waals surface area contributed by atoms with Gasteiger partial charge in [0.2, 0.25) is 0 Å². The molecule has 128 valence electrons. The maximum absolute atomic E-state index is 11.2. The zero-order valence-electron chi connectivity index (χ0n) is 12.9. The van der Waals surface area contributed by atoms with Crippen LogP contribution < -0.4 is 5.32 Å². The highest BCUT2D eigenvalue weighted by atomic mass is 35.5. The van der Waals surface area contributed by atoms with E-state index in [4.69, 9.17) is 34.8 Å². The first-order valence-corrected chi connectivity index (χ1v) is 8.95. The number of nitrogens with one attached hydrogen (secondary N) is 1. The predicted molar refractivity (Wildman–Crippen MR) is 101 cm³/mol. The smallest absolute Gasteiger partial charge is 0.271 e. The number of hydrogen-bond donors (Lipinski definition) is 1. The van der Waals surface area contributed by atoms with Gasteiger partial charge in [0.15, 0.2) is 0 Å². The zero-order chi connectivity index (χ0) is 17.7. The predicted octanol–water partition coefficient (Wildman–Crippen LogP) is 6.38. The molecule has 0 radical (unpaired) electrons. The van der Waals surface area contributed by atoms with Gasteiger partial charge in [0.25, 0.3) is 5.69 Å². The van der Waals surface area contributed by atoms with Crippen LogP contribution in [0.3, 0.4) is 0 Å². The van der Waals surface area contributed by atoms with Crippen LogP contribution in [0.15, 0.2) is 42.5 Å². The summed E-state index contributed by atoms with van der Waals surface area (Å²) in [6.45, 7) is 0. The van der Waals surface area contributed by atoms with Gasteiger partial charge >= 0.3 is 0 Å². The molecule has 4 nitrogen and oxygen atoms in total. The lowest BCUT2D eigenvalue weighted by molar-refractivity contribution is -0.384. The fraction of sp³-hybridized carbons (Fsp3) is 0.222. The summed E-state index contributed by atoms with van der Waals surface area (Å²) in [4.78, 5) is 10.8. The topological polar surface area (TPSA) is 55.2 Å². The van der Waals surface area contributed by atoms with Crippen molar-refractivity contribution in [3.8, 4) is 0 Å². The number of benzene rings is 2. The van der Waals surface area contributed by atoms with E-state index in [-0.39, 0.29) is 23.6 Å². The number of rotatable bonds is 2. The Morgan fingerprint density at radius 2 is 1.88 bits per heavy atom. The van der Waals surface area contributed by atoms with Crippen molar-refractivity contribution in [1.29, 1.82) is 0 Å². The van der Waals surface area contributed by atoms with Gasteiger partial charge < -0.3 is 5.32 Å². The van der Waals surface area contributed by atoms with E-state index < -0.39 is 4.92 Å². The number of nitrogens with zero attached hydrogens (tertiary/aromatic N) is 1. The molecule has 1 heterocycles. The van der Waals surface area contributed by atoms with E-state index in [1.807, 2.05) is 12.1 Å². The number of hydrogen-bond acceptors (Lipinski definition) is 3. The SMILES string of the molecule is O=[N+]([O-])c1cc(Cl)c2c(c1)[C@@H]1C=CC[C@H]1[C@@H](c1ccc(Cl)c(Cl)c1)N2. The van der Waals surface area contributed by atoms with E-state index in [0.717, 1.165) is 23.2 Å². The molecule has 0 saturated heterocycles. The average Bonchev–Trinajstić information content (AvgIpc) is 3.06. The van der Waals surface area contributed by atoms with Crippen LogP contribution in [-0.4, -0.2) is 4.92 Å². The maximum atomic E-state index is 11.2. The normalized spacial score (nSPS) is 23.7. The Morgan fingerprint density at radius 3 is 2.60 bits per heavy atom. The van der Waals surface area contributed by atoms with Crippen LogP contribution >= 0.6 is 34.8 Å². The molecule has 0 spiro atoms. The Bertz CT molecular complexity index is 913. The quantitative estimate of drug-likeness (QED) is 0.364. The highest BCUT2D eigenvalue weighted by molar-refractivity contribution is 6.42. The van der Waals surface area contributed by atoms with Crippen molar-refractivity contribution in [3.05, 3.63) is 78.8 Å². The van der Waals surface area contributed by atoms with Gasteiger partial charge in [-0.25, -0.2) is 0 Å². The van der Waals surface area contributed by atoms with E-state index in [1.165, 1.54) is 6.07 Å². The van der Waals surface area contributed by atoms with Gasteiger partial charge in [0, 0.05) is 18.1 Å². The number of anilines is 1. The van der Waals surface area contributed by atoms with Crippen molar-refractivity contribution < 1.29 is 4.92 Å². The molecule has 2 aliphatic rings. The summed E-state index contributed by atoms with van der Waals surface area (Å²) in [6.07, 6.45) is 5.10. The lowest BCUT2D eigenvalue weighted by Crippen LogP contribution is -2.29. The Morgan fingerprint density at radius 1 is 1.08 bits per heavy atom. The standard InChI is InChI=1S/C18H13Cl3N2O2/c19-14-5-4-9(6-15(14)20)17-12-3-1-2-11(12)13-7-10(23(24)25)8-16(21)18(13)22-17/h1-2,4-8,11-12,17,22H,3H2/t11-,12-,17-/m1/s1. The van der Waals surface area contributed by atoms with Gasteiger partial charge in [0.1, 0.15) is 0 Å². The number of fused-ring (bicyclic) bond motifs is 3.